The lowest BCUT2D eigenvalue weighted by Crippen LogP contribution is -2.50. The van der Waals surface area contributed by atoms with E-state index in [-0.39, 0.29) is 23.5 Å². The van der Waals surface area contributed by atoms with Gasteiger partial charge in [0.05, 0.1) is 18.1 Å². The number of nitrogens with zero attached hydrogens (tertiary/aromatic N) is 2. The van der Waals surface area contributed by atoms with Gasteiger partial charge in [-0.1, -0.05) is 28.1 Å². The summed E-state index contributed by atoms with van der Waals surface area (Å²) in [6.07, 6.45) is 0.536. The number of sulfone groups is 1. The van der Waals surface area contributed by atoms with Gasteiger partial charge in [-0.15, -0.1) is 0 Å². The van der Waals surface area contributed by atoms with Crippen LogP contribution >= 0.6 is 15.9 Å². The number of hydrogen-bond acceptors (Lipinski definition) is 5. The lowest BCUT2D eigenvalue weighted by molar-refractivity contribution is -0.123. The Morgan fingerprint density at radius 2 is 1.92 bits per heavy atom. The van der Waals surface area contributed by atoms with Crippen LogP contribution in [0.4, 0.5) is 0 Å². The summed E-state index contributed by atoms with van der Waals surface area (Å²) in [5.41, 5.74) is 1.28. The topological polar surface area (TPSA) is 69.7 Å². The first-order valence-electron chi connectivity index (χ1n) is 8.58. The predicted octanol–water partition coefficient (Wildman–Crippen LogP) is 0.870. The van der Waals surface area contributed by atoms with Crippen molar-refractivity contribution < 1.29 is 13.2 Å². The molecule has 8 heteroatoms. The largest absolute Gasteiger partial charge is 0.351 e. The Bertz CT molecular complexity index is 718. The van der Waals surface area contributed by atoms with E-state index in [4.69, 9.17) is 0 Å². The van der Waals surface area contributed by atoms with Crippen LogP contribution in [0.25, 0.3) is 0 Å². The first-order valence-corrected chi connectivity index (χ1v) is 11.2. The van der Waals surface area contributed by atoms with E-state index in [0.717, 1.165) is 37.2 Å². The SMILES string of the molecule is O=C(CN1CCN(Cc2cccc(Br)c2)CC1)N[C@H]1CCS(=O)(=O)C1. The van der Waals surface area contributed by atoms with Crippen molar-refractivity contribution in [3.05, 3.63) is 34.3 Å². The van der Waals surface area contributed by atoms with E-state index < -0.39 is 9.84 Å². The second kappa shape index (κ2) is 8.16. The molecule has 2 aliphatic rings. The number of rotatable bonds is 5. The Balaban J connectivity index is 1.39. The number of amides is 1. The Morgan fingerprint density at radius 1 is 1.20 bits per heavy atom. The van der Waals surface area contributed by atoms with Gasteiger partial charge in [0.15, 0.2) is 9.84 Å². The van der Waals surface area contributed by atoms with Crippen molar-refractivity contribution in [2.75, 3.05) is 44.2 Å². The van der Waals surface area contributed by atoms with Crippen molar-refractivity contribution in [2.24, 2.45) is 0 Å². The second-order valence-electron chi connectivity index (χ2n) is 6.85. The van der Waals surface area contributed by atoms with Crippen LogP contribution in [-0.4, -0.2) is 74.4 Å². The summed E-state index contributed by atoms with van der Waals surface area (Å²) in [6.45, 7) is 4.82. The number of carbonyl (C=O) groups is 1. The van der Waals surface area contributed by atoms with Gasteiger partial charge in [-0.25, -0.2) is 8.42 Å². The van der Waals surface area contributed by atoms with Crippen LogP contribution < -0.4 is 5.32 Å². The molecule has 0 aliphatic carbocycles. The molecule has 1 N–H and O–H groups in total. The summed E-state index contributed by atoms with van der Waals surface area (Å²) in [7, 11) is -2.95. The zero-order chi connectivity index (χ0) is 17.9. The van der Waals surface area contributed by atoms with E-state index in [1.165, 1.54) is 5.56 Å². The van der Waals surface area contributed by atoms with E-state index in [1.54, 1.807) is 0 Å². The average Bonchev–Trinajstić information content (AvgIpc) is 2.88. The summed E-state index contributed by atoms with van der Waals surface area (Å²) in [6, 6.07) is 8.12. The third-order valence-electron chi connectivity index (χ3n) is 4.72. The third-order valence-corrected chi connectivity index (χ3v) is 6.99. The molecule has 1 aromatic carbocycles. The van der Waals surface area contributed by atoms with E-state index >= 15 is 0 Å². The maximum atomic E-state index is 12.1. The van der Waals surface area contributed by atoms with Gasteiger partial charge in [-0.05, 0) is 24.1 Å². The molecule has 25 heavy (non-hydrogen) atoms. The molecule has 0 bridgehead atoms. The highest BCUT2D eigenvalue weighted by molar-refractivity contribution is 9.10. The van der Waals surface area contributed by atoms with Crippen LogP contribution in [0.15, 0.2) is 28.7 Å². The number of nitrogens with one attached hydrogen (secondary N) is 1. The number of piperazine rings is 1. The Hall–Kier alpha value is -0.960. The molecule has 2 saturated heterocycles. The molecule has 2 aliphatic heterocycles. The molecule has 0 unspecified atom stereocenters. The molecule has 1 atom stereocenters. The summed E-state index contributed by atoms with van der Waals surface area (Å²) >= 11 is 3.50. The third kappa shape index (κ3) is 5.77. The van der Waals surface area contributed by atoms with Crippen LogP contribution in [0.5, 0.6) is 0 Å². The predicted molar refractivity (Wildman–Crippen MR) is 101 cm³/mol. The van der Waals surface area contributed by atoms with Gasteiger partial charge in [0.1, 0.15) is 0 Å². The Morgan fingerprint density at radius 3 is 2.56 bits per heavy atom. The smallest absolute Gasteiger partial charge is 0.234 e. The molecular weight excluding hydrogens is 406 g/mol. The number of carbonyl (C=O) groups excluding carboxylic acids is 1. The van der Waals surface area contributed by atoms with Crippen molar-refractivity contribution in [3.8, 4) is 0 Å². The van der Waals surface area contributed by atoms with Crippen LogP contribution in [0.1, 0.15) is 12.0 Å². The van der Waals surface area contributed by atoms with Gasteiger partial charge >= 0.3 is 0 Å². The highest BCUT2D eigenvalue weighted by atomic mass is 79.9. The van der Waals surface area contributed by atoms with E-state index in [0.29, 0.717) is 13.0 Å². The highest BCUT2D eigenvalue weighted by Gasteiger charge is 2.29. The molecule has 1 amide bonds. The van der Waals surface area contributed by atoms with Crippen molar-refractivity contribution in [3.63, 3.8) is 0 Å². The lowest BCUT2D eigenvalue weighted by atomic mass is 10.2. The molecule has 2 fully saturated rings. The fourth-order valence-corrected chi connectivity index (χ4v) is 5.50. The van der Waals surface area contributed by atoms with Crippen molar-refractivity contribution >= 4 is 31.7 Å². The van der Waals surface area contributed by atoms with E-state index in [1.807, 2.05) is 12.1 Å². The van der Waals surface area contributed by atoms with Gasteiger partial charge in [0, 0.05) is 43.2 Å². The Kier molecular flexibility index (Phi) is 6.14. The molecule has 2 heterocycles. The van der Waals surface area contributed by atoms with Crippen molar-refractivity contribution in [2.45, 2.75) is 19.0 Å². The molecular formula is C17H24BrN3O3S. The highest BCUT2D eigenvalue weighted by Crippen LogP contribution is 2.15. The van der Waals surface area contributed by atoms with Crippen LogP contribution in [0.2, 0.25) is 0 Å². The maximum Gasteiger partial charge on any atom is 0.234 e. The molecule has 0 aromatic heterocycles. The minimum Gasteiger partial charge on any atom is -0.351 e. The zero-order valence-corrected chi connectivity index (χ0v) is 16.6. The van der Waals surface area contributed by atoms with Gasteiger partial charge in [-0.2, -0.15) is 0 Å². The minimum absolute atomic E-state index is 0.0671. The monoisotopic (exact) mass is 429 g/mol. The number of hydrogen-bond donors (Lipinski definition) is 1. The average molecular weight is 430 g/mol. The number of halogens is 1. The fraction of sp³-hybridized carbons (Fsp3) is 0.588. The molecule has 1 aromatic rings. The van der Waals surface area contributed by atoms with Gasteiger partial charge in [0.2, 0.25) is 5.91 Å². The van der Waals surface area contributed by atoms with E-state index in [2.05, 4.69) is 43.2 Å². The van der Waals surface area contributed by atoms with Crippen LogP contribution in [0, 0.1) is 0 Å². The van der Waals surface area contributed by atoms with Crippen molar-refractivity contribution in [1.29, 1.82) is 0 Å². The molecule has 3 rings (SSSR count). The maximum absolute atomic E-state index is 12.1. The summed E-state index contributed by atoms with van der Waals surface area (Å²) in [5, 5.41) is 2.86. The van der Waals surface area contributed by atoms with Crippen LogP contribution in [-0.2, 0) is 21.2 Å². The standard InChI is InChI=1S/C17H24BrN3O3S/c18-15-3-1-2-14(10-15)11-20-5-7-21(8-6-20)12-17(22)19-16-4-9-25(23,24)13-16/h1-3,10,16H,4-9,11-13H2,(H,19,22)/t16-/m0/s1. The van der Waals surface area contributed by atoms with Gasteiger partial charge in [0.25, 0.3) is 0 Å². The van der Waals surface area contributed by atoms with E-state index in [9.17, 15) is 13.2 Å². The molecule has 6 nitrogen and oxygen atoms in total. The minimum atomic E-state index is -2.95. The summed E-state index contributed by atoms with van der Waals surface area (Å²) < 4.78 is 24.0. The second-order valence-corrected chi connectivity index (χ2v) is 9.99. The van der Waals surface area contributed by atoms with Crippen LogP contribution in [0.3, 0.4) is 0 Å². The first-order chi connectivity index (χ1) is 11.9. The zero-order valence-electron chi connectivity index (χ0n) is 14.2. The number of benzene rings is 1. The summed E-state index contributed by atoms with van der Waals surface area (Å²) in [4.78, 5) is 16.6. The van der Waals surface area contributed by atoms with Crippen molar-refractivity contribution in [1.82, 2.24) is 15.1 Å². The normalized spacial score (nSPS) is 24.3. The Labute approximate surface area is 157 Å². The quantitative estimate of drug-likeness (QED) is 0.751. The van der Waals surface area contributed by atoms with Gasteiger partial charge < -0.3 is 5.32 Å². The fourth-order valence-electron chi connectivity index (χ4n) is 3.38. The van der Waals surface area contributed by atoms with Gasteiger partial charge in [-0.3, -0.25) is 14.6 Å². The molecule has 0 radical (unpaired) electrons. The summed E-state index contributed by atoms with van der Waals surface area (Å²) in [5.74, 6) is 0.202. The first kappa shape index (κ1) is 18.8. The molecule has 0 saturated carbocycles. The lowest BCUT2D eigenvalue weighted by Gasteiger charge is -2.34. The molecule has 138 valence electrons. The molecule has 0 spiro atoms.